The highest BCUT2D eigenvalue weighted by atomic mass is 16.4. The number of pyridine rings is 1. The average molecular weight is 279 g/mol. The molecular formula is C14H21N3O3. The second-order valence-corrected chi connectivity index (χ2v) is 5.27. The van der Waals surface area contributed by atoms with Crippen LogP contribution >= 0.6 is 0 Å². The van der Waals surface area contributed by atoms with Gasteiger partial charge in [0.15, 0.2) is 0 Å². The molecule has 0 aliphatic rings. The maximum absolute atomic E-state index is 11.0. The Morgan fingerprint density at radius 2 is 2.15 bits per heavy atom. The quantitative estimate of drug-likeness (QED) is 0.672. The van der Waals surface area contributed by atoms with Gasteiger partial charge in [-0.15, -0.1) is 0 Å². The van der Waals surface area contributed by atoms with Crippen molar-refractivity contribution in [2.45, 2.75) is 26.7 Å². The molecule has 6 nitrogen and oxygen atoms in total. The summed E-state index contributed by atoms with van der Waals surface area (Å²) in [4.78, 5) is 25.7. The molecule has 6 heteroatoms. The first-order chi connectivity index (χ1) is 9.38. The Kier molecular flexibility index (Phi) is 5.96. The fraction of sp³-hybridized carbons (Fsp3) is 0.500. The molecule has 1 aromatic rings. The van der Waals surface area contributed by atoms with Crippen LogP contribution < -0.4 is 11.1 Å². The smallest absolute Gasteiger partial charge is 0.303 e. The highest BCUT2D eigenvalue weighted by molar-refractivity contribution is 5.91. The number of carbonyl (C=O) groups excluding carboxylic acids is 1. The van der Waals surface area contributed by atoms with E-state index in [1.165, 1.54) is 6.20 Å². The van der Waals surface area contributed by atoms with Gasteiger partial charge >= 0.3 is 5.97 Å². The van der Waals surface area contributed by atoms with Crippen molar-refractivity contribution in [3.05, 3.63) is 24.0 Å². The summed E-state index contributed by atoms with van der Waals surface area (Å²) in [7, 11) is 0. The van der Waals surface area contributed by atoms with Gasteiger partial charge in [0.1, 0.15) is 5.69 Å². The van der Waals surface area contributed by atoms with Gasteiger partial charge in [0.2, 0.25) is 0 Å². The van der Waals surface area contributed by atoms with E-state index >= 15 is 0 Å². The van der Waals surface area contributed by atoms with Crippen molar-refractivity contribution >= 4 is 17.6 Å². The molecule has 0 aliphatic carbocycles. The van der Waals surface area contributed by atoms with Crippen molar-refractivity contribution in [2.75, 3.05) is 11.9 Å². The summed E-state index contributed by atoms with van der Waals surface area (Å²) in [6.07, 6.45) is 2.45. The van der Waals surface area contributed by atoms with Crippen LogP contribution in [0.1, 0.15) is 37.2 Å². The molecule has 0 aromatic carbocycles. The van der Waals surface area contributed by atoms with Gasteiger partial charge in [-0.1, -0.05) is 13.8 Å². The van der Waals surface area contributed by atoms with Crippen molar-refractivity contribution in [1.82, 2.24) is 4.98 Å². The molecule has 110 valence electrons. The Hall–Kier alpha value is -2.11. The van der Waals surface area contributed by atoms with Gasteiger partial charge in [-0.05, 0) is 30.4 Å². The van der Waals surface area contributed by atoms with E-state index in [0.29, 0.717) is 18.2 Å². The number of nitrogens with two attached hydrogens (primary N) is 1. The highest BCUT2D eigenvalue weighted by Gasteiger charge is 2.15. The number of carboxylic acid groups (broad SMARTS) is 1. The molecule has 1 atom stereocenters. The number of carboxylic acids is 1. The maximum Gasteiger partial charge on any atom is 0.303 e. The Morgan fingerprint density at radius 3 is 2.70 bits per heavy atom. The van der Waals surface area contributed by atoms with E-state index in [9.17, 15) is 9.59 Å². The number of anilines is 1. The maximum atomic E-state index is 11.0. The van der Waals surface area contributed by atoms with Gasteiger partial charge < -0.3 is 16.2 Å². The molecule has 20 heavy (non-hydrogen) atoms. The topological polar surface area (TPSA) is 105 Å². The summed E-state index contributed by atoms with van der Waals surface area (Å²) in [6.45, 7) is 4.66. The molecule has 0 spiro atoms. The van der Waals surface area contributed by atoms with E-state index < -0.39 is 11.9 Å². The molecule has 1 aromatic heterocycles. The standard InChI is InChI=1S/C14H21N3O3/c1-9(2)5-10(6-13(18)19)8-17-11-3-4-16-12(7-11)14(15)20/h3-4,7,9-10H,5-6,8H2,1-2H3,(H2,15,20)(H,16,17)(H,18,19). The zero-order valence-electron chi connectivity index (χ0n) is 11.8. The summed E-state index contributed by atoms with van der Waals surface area (Å²) in [5, 5.41) is 12.1. The van der Waals surface area contributed by atoms with Crippen molar-refractivity contribution in [1.29, 1.82) is 0 Å². The number of amides is 1. The van der Waals surface area contributed by atoms with E-state index in [2.05, 4.69) is 24.1 Å². The minimum Gasteiger partial charge on any atom is -0.481 e. The van der Waals surface area contributed by atoms with Gasteiger partial charge in [0, 0.05) is 24.8 Å². The number of nitrogens with zero attached hydrogens (tertiary/aromatic N) is 1. The number of hydrogen-bond donors (Lipinski definition) is 3. The first kappa shape index (κ1) is 15.9. The van der Waals surface area contributed by atoms with Gasteiger partial charge in [-0.2, -0.15) is 0 Å². The molecule has 1 rings (SSSR count). The number of nitrogens with one attached hydrogen (secondary N) is 1. The third-order valence-corrected chi connectivity index (χ3v) is 2.88. The lowest BCUT2D eigenvalue weighted by molar-refractivity contribution is -0.138. The van der Waals surface area contributed by atoms with Crippen LogP contribution in [0, 0.1) is 11.8 Å². The normalized spacial score (nSPS) is 12.2. The molecule has 0 fully saturated rings. The van der Waals surface area contributed by atoms with E-state index in [0.717, 1.165) is 6.42 Å². The number of primary amides is 1. The summed E-state index contributed by atoms with van der Waals surface area (Å²) in [5.74, 6) is -0.916. The van der Waals surface area contributed by atoms with Crippen molar-refractivity contribution < 1.29 is 14.7 Å². The molecule has 1 heterocycles. The second-order valence-electron chi connectivity index (χ2n) is 5.27. The van der Waals surface area contributed by atoms with Gasteiger partial charge in [-0.25, -0.2) is 0 Å². The predicted octanol–water partition coefficient (Wildman–Crippen LogP) is 1.73. The zero-order chi connectivity index (χ0) is 15.1. The molecule has 1 unspecified atom stereocenters. The lowest BCUT2D eigenvalue weighted by Crippen LogP contribution is -2.20. The molecular weight excluding hydrogens is 258 g/mol. The van der Waals surface area contributed by atoms with E-state index in [-0.39, 0.29) is 18.0 Å². The van der Waals surface area contributed by atoms with Crippen LogP contribution in [0.5, 0.6) is 0 Å². The molecule has 4 N–H and O–H groups in total. The van der Waals surface area contributed by atoms with Crippen molar-refractivity contribution in [3.8, 4) is 0 Å². The largest absolute Gasteiger partial charge is 0.481 e. The fourth-order valence-electron chi connectivity index (χ4n) is 2.09. The fourth-order valence-corrected chi connectivity index (χ4v) is 2.09. The average Bonchev–Trinajstić information content (AvgIpc) is 2.35. The van der Waals surface area contributed by atoms with Crippen LogP contribution in [-0.4, -0.2) is 28.5 Å². The lowest BCUT2D eigenvalue weighted by atomic mass is 9.94. The third-order valence-electron chi connectivity index (χ3n) is 2.88. The molecule has 0 aliphatic heterocycles. The Balaban J connectivity index is 2.64. The molecule has 0 saturated heterocycles. The molecule has 0 radical (unpaired) electrons. The minimum absolute atomic E-state index is 0.0395. The number of aromatic nitrogens is 1. The van der Waals surface area contributed by atoms with Crippen molar-refractivity contribution in [2.24, 2.45) is 17.6 Å². The van der Waals surface area contributed by atoms with Crippen LogP contribution in [0.25, 0.3) is 0 Å². The highest BCUT2D eigenvalue weighted by Crippen LogP contribution is 2.17. The van der Waals surface area contributed by atoms with Crippen LogP contribution in [0.4, 0.5) is 5.69 Å². The third kappa shape index (κ3) is 5.69. The Bertz CT molecular complexity index is 474. The van der Waals surface area contributed by atoms with Gasteiger partial charge in [-0.3, -0.25) is 14.6 Å². The zero-order valence-corrected chi connectivity index (χ0v) is 11.8. The number of rotatable bonds is 8. The van der Waals surface area contributed by atoms with Crippen LogP contribution in [-0.2, 0) is 4.79 Å². The molecule has 0 saturated carbocycles. The summed E-state index contributed by atoms with van der Waals surface area (Å²) < 4.78 is 0. The Labute approximate surface area is 118 Å². The molecule has 1 amide bonds. The van der Waals surface area contributed by atoms with E-state index in [1.807, 2.05) is 0 Å². The van der Waals surface area contributed by atoms with Crippen LogP contribution in [0.3, 0.4) is 0 Å². The Morgan fingerprint density at radius 1 is 1.45 bits per heavy atom. The summed E-state index contributed by atoms with van der Waals surface area (Å²) >= 11 is 0. The SMILES string of the molecule is CC(C)CC(CNc1ccnc(C(N)=O)c1)CC(=O)O. The first-order valence-electron chi connectivity index (χ1n) is 6.60. The second kappa shape index (κ2) is 7.47. The number of hydrogen-bond acceptors (Lipinski definition) is 4. The monoisotopic (exact) mass is 279 g/mol. The number of aliphatic carboxylic acids is 1. The van der Waals surface area contributed by atoms with Gasteiger partial charge in [0.25, 0.3) is 5.91 Å². The van der Waals surface area contributed by atoms with E-state index in [4.69, 9.17) is 10.8 Å². The van der Waals surface area contributed by atoms with E-state index in [1.54, 1.807) is 12.1 Å². The molecule has 0 bridgehead atoms. The van der Waals surface area contributed by atoms with Gasteiger partial charge in [0.05, 0.1) is 0 Å². The predicted molar refractivity (Wildman–Crippen MR) is 76.4 cm³/mol. The van der Waals surface area contributed by atoms with Crippen LogP contribution in [0.15, 0.2) is 18.3 Å². The minimum atomic E-state index is -0.801. The lowest BCUT2D eigenvalue weighted by Gasteiger charge is -2.18. The van der Waals surface area contributed by atoms with Crippen molar-refractivity contribution in [3.63, 3.8) is 0 Å². The first-order valence-corrected chi connectivity index (χ1v) is 6.60. The van der Waals surface area contributed by atoms with Crippen LogP contribution in [0.2, 0.25) is 0 Å². The summed E-state index contributed by atoms with van der Waals surface area (Å²) in [6, 6.07) is 3.29. The summed E-state index contributed by atoms with van der Waals surface area (Å²) in [5.41, 5.74) is 6.07. The number of carbonyl (C=O) groups is 2.